The largest absolute Gasteiger partial charge is 0.379 e. The van der Waals surface area contributed by atoms with Crippen molar-refractivity contribution in [3.63, 3.8) is 0 Å². The maximum atomic E-state index is 5.68. The summed E-state index contributed by atoms with van der Waals surface area (Å²) in [6.45, 7) is 4.00. The van der Waals surface area contributed by atoms with Gasteiger partial charge in [0.15, 0.2) is 5.96 Å². The second kappa shape index (κ2) is 11.5. The zero-order chi connectivity index (χ0) is 19.4. The molecule has 0 amide bonds. The van der Waals surface area contributed by atoms with Gasteiger partial charge in [-0.15, -0.1) is 0 Å². The average Bonchev–Trinajstić information content (AvgIpc) is 3.44. The summed E-state index contributed by atoms with van der Waals surface area (Å²) in [5.74, 6) is 0.826. The van der Waals surface area contributed by atoms with Crippen LogP contribution in [0.25, 0.3) is 5.69 Å². The second-order valence-corrected chi connectivity index (χ2v) is 6.86. The molecular weight excluding hydrogens is 354 g/mol. The molecule has 1 unspecified atom stereocenters. The lowest BCUT2D eigenvalue weighted by atomic mass is 10.1. The highest BCUT2D eigenvalue weighted by Gasteiger charge is 2.14. The summed E-state index contributed by atoms with van der Waals surface area (Å²) in [7, 11) is 1.79. The molecule has 1 aromatic carbocycles. The smallest absolute Gasteiger partial charge is 0.190 e. The molecule has 0 radical (unpaired) electrons. The first-order valence-corrected chi connectivity index (χ1v) is 10.1. The Kier molecular flexibility index (Phi) is 8.33. The Labute approximate surface area is 167 Å². The number of ether oxygens (including phenoxy) is 2. The Morgan fingerprint density at radius 1 is 1.29 bits per heavy atom. The Balaban J connectivity index is 1.26. The van der Waals surface area contributed by atoms with E-state index < -0.39 is 0 Å². The van der Waals surface area contributed by atoms with Crippen molar-refractivity contribution < 1.29 is 9.47 Å². The number of hydrogen-bond donors (Lipinski definition) is 2. The van der Waals surface area contributed by atoms with Crippen molar-refractivity contribution in [1.82, 2.24) is 20.4 Å². The van der Waals surface area contributed by atoms with E-state index in [2.05, 4.69) is 45.0 Å². The van der Waals surface area contributed by atoms with Crippen molar-refractivity contribution in [2.24, 2.45) is 4.99 Å². The molecule has 1 saturated heterocycles. The predicted molar refractivity (Wildman–Crippen MR) is 111 cm³/mol. The van der Waals surface area contributed by atoms with Crippen LogP contribution in [0.1, 0.15) is 24.8 Å². The van der Waals surface area contributed by atoms with Crippen LogP contribution in [0, 0.1) is 0 Å². The highest BCUT2D eigenvalue weighted by atomic mass is 16.5. The summed E-state index contributed by atoms with van der Waals surface area (Å²) in [5, 5.41) is 10.9. The van der Waals surface area contributed by atoms with Crippen LogP contribution in [0.15, 0.2) is 47.7 Å². The van der Waals surface area contributed by atoms with E-state index in [-0.39, 0.29) is 0 Å². The van der Waals surface area contributed by atoms with Gasteiger partial charge in [0.25, 0.3) is 0 Å². The first-order valence-electron chi connectivity index (χ1n) is 10.1. The Morgan fingerprint density at radius 3 is 2.86 bits per heavy atom. The van der Waals surface area contributed by atoms with Crippen molar-refractivity contribution >= 4 is 5.96 Å². The van der Waals surface area contributed by atoms with Gasteiger partial charge in [-0.25, -0.2) is 4.68 Å². The fourth-order valence-electron chi connectivity index (χ4n) is 3.15. The highest BCUT2D eigenvalue weighted by Crippen LogP contribution is 2.12. The van der Waals surface area contributed by atoms with Crippen LogP contribution < -0.4 is 10.6 Å². The van der Waals surface area contributed by atoms with E-state index in [0.717, 1.165) is 63.6 Å². The summed E-state index contributed by atoms with van der Waals surface area (Å²) in [4.78, 5) is 4.27. The number of rotatable bonds is 10. The summed E-state index contributed by atoms with van der Waals surface area (Å²) in [6, 6.07) is 10.4. The molecule has 28 heavy (non-hydrogen) atoms. The van der Waals surface area contributed by atoms with Crippen LogP contribution in [-0.4, -0.2) is 61.8 Å². The lowest BCUT2D eigenvalue weighted by Crippen LogP contribution is -2.39. The van der Waals surface area contributed by atoms with Gasteiger partial charge in [0.05, 0.1) is 18.4 Å². The molecule has 0 saturated carbocycles. The number of guanidine groups is 1. The third-order valence-electron chi connectivity index (χ3n) is 4.72. The summed E-state index contributed by atoms with van der Waals surface area (Å²) >= 11 is 0. The van der Waals surface area contributed by atoms with Crippen LogP contribution in [-0.2, 0) is 15.9 Å². The van der Waals surface area contributed by atoms with Gasteiger partial charge in [-0.3, -0.25) is 4.99 Å². The third-order valence-corrected chi connectivity index (χ3v) is 4.72. The molecule has 3 rings (SSSR count). The molecule has 1 aliphatic heterocycles. The molecule has 7 nitrogen and oxygen atoms in total. The van der Waals surface area contributed by atoms with Crippen LogP contribution in [0.2, 0.25) is 0 Å². The van der Waals surface area contributed by atoms with Gasteiger partial charge < -0.3 is 20.1 Å². The zero-order valence-corrected chi connectivity index (χ0v) is 16.6. The quantitative estimate of drug-likeness (QED) is 0.373. The van der Waals surface area contributed by atoms with E-state index in [1.807, 2.05) is 16.9 Å². The summed E-state index contributed by atoms with van der Waals surface area (Å²) in [5.41, 5.74) is 2.35. The van der Waals surface area contributed by atoms with Crippen LogP contribution >= 0.6 is 0 Å². The van der Waals surface area contributed by atoms with Gasteiger partial charge in [-0.1, -0.05) is 12.1 Å². The van der Waals surface area contributed by atoms with Gasteiger partial charge >= 0.3 is 0 Å². The SMILES string of the molecule is CN=C(NCCCOCC1CCCO1)NCCc1ccc(-n2cccn2)cc1. The van der Waals surface area contributed by atoms with E-state index in [0.29, 0.717) is 12.7 Å². The van der Waals surface area contributed by atoms with Gasteiger partial charge in [0, 0.05) is 45.7 Å². The van der Waals surface area contributed by atoms with E-state index in [9.17, 15) is 0 Å². The molecule has 0 bridgehead atoms. The molecule has 1 aromatic heterocycles. The monoisotopic (exact) mass is 385 g/mol. The zero-order valence-electron chi connectivity index (χ0n) is 16.6. The number of nitrogens with one attached hydrogen (secondary N) is 2. The Morgan fingerprint density at radius 2 is 2.14 bits per heavy atom. The normalized spacial score (nSPS) is 17.0. The predicted octanol–water partition coefficient (Wildman–Crippen LogP) is 2.17. The van der Waals surface area contributed by atoms with Gasteiger partial charge in [0.2, 0.25) is 0 Å². The lowest BCUT2D eigenvalue weighted by Gasteiger charge is -2.13. The standard InChI is InChI=1S/C21H31N5O2/c1-22-21(23-11-4-15-27-17-20-5-2-16-28-20)24-13-10-18-6-8-19(9-7-18)26-14-3-12-25-26/h3,6-9,12,14,20H,2,4-5,10-11,13,15-17H2,1H3,(H2,22,23,24). The van der Waals surface area contributed by atoms with Gasteiger partial charge in [-0.05, 0) is 49.4 Å². The molecule has 0 spiro atoms. The van der Waals surface area contributed by atoms with E-state index in [4.69, 9.17) is 9.47 Å². The topological polar surface area (TPSA) is 72.7 Å². The summed E-state index contributed by atoms with van der Waals surface area (Å²) < 4.78 is 13.1. The van der Waals surface area contributed by atoms with Gasteiger partial charge in [-0.2, -0.15) is 5.10 Å². The molecule has 7 heteroatoms. The van der Waals surface area contributed by atoms with Crippen molar-refractivity contribution in [1.29, 1.82) is 0 Å². The molecular formula is C21H31N5O2. The van der Waals surface area contributed by atoms with Crippen molar-refractivity contribution in [3.05, 3.63) is 48.3 Å². The molecule has 152 valence electrons. The Bertz CT molecular complexity index is 694. The molecule has 2 heterocycles. The lowest BCUT2D eigenvalue weighted by molar-refractivity contribution is 0.0168. The van der Waals surface area contributed by atoms with Crippen molar-refractivity contribution in [2.45, 2.75) is 31.8 Å². The molecule has 1 atom stereocenters. The van der Waals surface area contributed by atoms with Crippen molar-refractivity contribution in [2.75, 3.05) is 40.0 Å². The number of hydrogen-bond acceptors (Lipinski definition) is 4. The second-order valence-electron chi connectivity index (χ2n) is 6.86. The minimum Gasteiger partial charge on any atom is -0.379 e. The maximum absolute atomic E-state index is 5.68. The Hall–Kier alpha value is -2.38. The molecule has 0 aliphatic carbocycles. The minimum atomic E-state index is 0.302. The number of aliphatic imine (C=N–C) groups is 1. The van der Waals surface area contributed by atoms with E-state index in [1.54, 1.807) is 13.2 Å². The van der Waals surface area contributed by atoms with Gasteiger partial charge in [0.1, 0.15) is 0 Å². The fraction of sp³-hybridized carbons (Fsp3) is 0.524. The number of benzene rings is 1. The number of aromatic nitrogens is 2. The van der Waals surface area contributed by atoms with E-state index in [1.165, 1.54) is 5.56 Å². The maximum Gasteiger partial charge on any atom is 0.190 e. The summed E-state index contributed by atoms with van der Waals surface area (Å²) in [6.07, 6.45) is 8.20. The van der Waals surface area contributed by atoms with Crippen LogP contribution in [0.3, 0.4) is 0 Å². The molecule has 2 N–H and O–H groups in total. The van der Waals surface area contributed by atoms with E-state index >= 15 is 0 Å². The third kappa shape index (κ3) is 6.65. The average molecular weight is 386 g/mol. The number of nitrogens with zero attached hydrogens (tertiary/aromatic N) is 3. The minimum absolute atomic E-state index is 0.302. The van der Waals surface area contributed by atoms with Crippen LogP contribution in [0.5, 0.6) is 0 Å². The first-order chi connectivity index (χ1) is 13.8. The van der Waals surface area contributed by atoms with Crippen molar-refractivity contribution in [3.8, 4) is 5.69 Å². The molecule has 1 aliphatic rings. The molecule has 2 aromatic rings. The first kappa shape index (κ1) is 20.4. The molecule has 1 fully saturated rings. The fourth-order valence-corrected chi connectivity index (χ4v) is 3.15. The van der Waals surface area contributed by atoms with Crippen LogP contribution in [0.4, 0.5) is 0 Å². The highest BCUT2D eigenvalue weighted by molar-refractivity contribution is 5.79.